The molecule has 0 saturated heterocycles. The first-order valence-corrected chi connectivity index (χ1v) is 6.09. The summed E-state index contributed by atoms with van der Waals surface area (Å²) in [6, 6.07) is 4.53. The van der Waals surface area contributed by atoms with Gasteiger partial charge >= 0.3 is 0 Å². The number of anilines is 1. The first-order valence-electron chi connectivity index (χ1n) is 5.30. The molecule has 0 heterocycles. The average molecular weight is 348 g/mol. The van der Waals surface area contributed by atoms with Crippen molar-refractivity contribution in [1.29, 1.82) is 0 Å². The molecule has 2 aromatic rings. The molecule has 2 rings (SSSR count). The number of halogens is 5. The Morgan fingerprint density at radius 1 is 0.950 bits per heavy atom. The second-order valence-corrected chi connectivity index (χ2v) is 4.59. The predicted octanol–water partition coefficient (Wildman–Crippen LogP) is 4.26. The van der Waals surface area contributed by atoms with E-state index in [2.05, 4.69) is 15.9 Å². The Balaban J connectivity index is 2.33. The minimum atomic E-state index is -1.37. The van der Waals surface area contributed by atoms with Crippen LogP contribution in [0.25, 0.3) is 0 Å². The van der Waals surface area contributed by atoms with Gasteiger partial charge in [-0.25, -0.2) is 17.6 Å². The van der Waals surface area contributed by atoms with Crippen molar-refractivity contribution in [2.75, 3.05) is 5.32 Å². The van der Waals surface area contributed by atoms with E-state index in [-0.39, 0.29) is 10.0 Å². The van der Waals surface area contributed by atoms with Crippen LogP contribution in [0.2, 0.25) is 0 Å². The molecule has 20 heavy (non-hydrogen) atoms. The zero-order valence-corrected chi connectivity index (χ0v) is 11.3. The van der Waals surface area contributed by atoms with Crippen LogP contribution in [-0.2, 0) is 0 Å². The van der Waals surface area contributed by atoms with Crippen LogP contribution in [0.5, 0.6) is 0 Å². The lowest BCUT2D eigenvalue weighted by Crippen LogP contribution is -2.14. The van der Waals surface area contributed by atoms with Gasteiger partial charge in [0.25, 0.3) is 5.91 Å². The number of carbonyl (C=O) groups excluding carboxylic acids is 1. The Labute approximate surface area is 119 Å². The Morgan fingerprint density at radius 3 is 2.30 bits per heavy atom. The quantitative estimate of drug-likeness (QED) is 0.638. The minimum Gasteiger partial charge on any atom is -0.319 e. The van der Waals surface area contributed by atoms with Crippen molar-refractivity contribution in [3.8, 4) is 0 Å². The lowest BCUT2D eigenvalue weighted by molar-refractivity contribution is 0.102. The Bertz CT molecular complexity index is 690. The van der Waals surface area contributed by atoms with Crippen molar-refractivity contribution in [1.82, 2.24) is 0 Å². The van der Waals surface area contributed by atoms with E-state index in [1.165, 1.54) is 12.1 Å². The zero-order chi connectivity index (χ0) is 14.9. The molecule has 0 fully saturated rings. The Hall–Kier alpha value is -1.89. The number of carbonyl (C=O) groups is 1. The van der Waals surface area contributed by atoms with E-state index in [0.717, 1.165) is 6.07 Å². The molecule has 0 radical (unpaired) electrons. The fourth-order valence-electron chi connectivity index (χ4n) is 1.49. The summed E-state index contributed by atoms with van der Waals surface area (Å²) in [5.41, 5.74) is -0.640. The highest BCUT2D eigenvalue weighted by Gasteiger charge is 2.16. The number of rotatable bonds is 2. The summed E-state index contributed by atoms with van der Waals surface area (Å²) in [5.74, 6) is -5.35. The summed E-state index contributed by atoms with van der Waals surface area (Å²) < 4.78 is 52.3. The third kappa shape index (κ3) is 2.82. The van der Waals surface area contributed by atoms with Crippen LogP contribution in [-0.4, -0.2) is 5.91 Å². The number of amides is 1. The molecular weight excluding hydrogens is 342 g/mol. The largest absolute Gasteiger partial charge is 0.319 e. The summed E-state index contributed by atoms with van der Waals surface area (Å²) in [6.07, 6.45) is 0. The van der Waals surface area contributed by atoms with Crippen LogP contribution in [0, 0.1) is 23.3 Å². The maximum absolute atomic E-state index is 13.4. The topological polar surface area (TPSA) is 29.1 Å². The highest BCUT2D eigenvalue weighted by Crippen LogP contribution is 2.23. The van der Waals surface area contributed by atoms with Gasteiger partial charge in [-0.05, 0) is 28.1 Å². The van der Waals surface area contributed by atoms with Gasteiger partial charge in [0.05, 0.1) is 15.7 Å². The molecule has 104 valence electrons. The maximum atomic E-state index is 13.4. The fourth-order valence-corrected chi connectivity index (χ4v) is 1.93. The minimum absolute atomic E-state index is 0.103. The molecular formula is C13H6BrF4NO. The second-order valence-electron chi connectivity index (χ2n) is 3.80. The van der Waals surface area contributed by atoms with Gasteiger partial charge < -0.3 is 5.32 Å². The van der Waals surface area contributed by atoms with Crippen molar-refractivity contribution in [2.24, 2.45) is 0 Å². The normalized spacial score (nSPS) is 10.4. The number of nitrogens with one attached hydrogen (secondary N) is 1. The summed E-state index contributed by atoms with van der Waals surface area (Å²) in [4.78, 5) is 11.8. The number of benzene rings is 2. The van der Waals surface area contributed by atoms with E-state index in [1.54, 1.807) is 0 Å². The van der Waals surface area contributed by atoms with Gasteiger partial charge in [-0.2, -0.15) is 0 Å². The molecule has 0 bridgehead atoms. The zero-order valence-electron chi connectivity index (χ0n) is 9.68. The van der Waals surface area contributed by atoms with Gasteiger partial charge in [0, 0.05) is 12.1 Å². The standard InChI is InChI=1S/C13H6BrF4NO/c14-12-6(2-1-3-7(12)15)13(20)19-11-5-9(17)8(16)4-10(11)18/h1-5H,(H,19,20). The van der Waals surface area contributed by atoms with Crippen LogP contribution < -0.4 is 5.32 Å². The molecule has 0 saturated carbocycles. The average Bonchev–Trinajstić information content (AvgIpc) is 2.39. The van der Waals surface area contributed by atoms with Gasteiger partial charge in [-0.1, -0.05) is 6.07 Å². The SMILES string of the molecule is O=C(Nc1cc(F)c(F)cc1F)c1cccc(F)c1Br. The molecule has 0 aromatic heterocycles. The predicted molar refractivity (Wildman–Crippen MR) is 68.4 cm³/mol. The second kappa shape index (κ2) is 5.62. The highest BCUT2D eigenvalue weighted by atomic mass is 79.9. The van der Waals surface area contributed by atoms with E-state index in [0.29, 0.717) is 12.1 Å². The molecule has 0 aliphatic rings. The monoisotopic (exact) mass is 347 g/mol. The van der Waals surface area contributed by atoms with Crippen LogP contribution in [0.15, 0.2) is 34.8 Å². The van der Waals surface area contributed by atoms with Crippen molar-refractivity contribution >= 4 is 27.5 Å². The van der Waals surface area contributed by atoms with Gasteiger partial charge in [0.2, 0.25) is 0 Å². The van der Waals surface area contributed by atoms with E-state index in [4.69, 9.17) is 0 Å². The summed E-state index contributed by atoms with van der Waals surface area (Å²) in [7, 11) is 0. The molecule has 0 aliphatic heterocycles. The van der Waals surface area contributed by atoms with Crippen LogP contribution >= 0.6 is 15.9 Å². The lowest BCUT2D eigenvalue weighted by Gasteiger charge is -2.08. The van der Waals surface area contributed by atoms with E-state index >= 15 is 0 Å². The Kier molecular flexibility index (Phi) is 4.08. The molecule has 0 spiro atoms. The summed E-state index contributed by atoms with van der Waals surface area (Å²) >= 11 is 2.88. The third-order valence-electron chi connectivity index (χ3n) is 2.45. The first-order chi connectivity index (χ1) is 9.40. The molecule has 2 aromatic carbocycles. The summed E-state index contributed by atoms with van der Waals surface area (Å²) in [5, 5.41) is 2.05. The highest BCUT2D eigenvalue weighted by molar-refractivity contribution is 9.10. The van der Waals surface area contributed by atoms with Crippen LogP contribution in [0.4, 0.5) is 23.2 Å². The van der Waals surface area contributed by atoms with Crippen molar-refractivity contribution in [2.45, 2.75) is 0 Å². The molecule has 0 aliphatic carbocycles. The van der Waals surface area contributed by atoms with Crippen molar-refractivity contribution < 1.29 is 22.4 Å². The first kappa shape index (κ1) is 14.5. The third-order valence-corrected chi connectivity index (χ3v) is 3.26. The van der Waals surface area contributed by atoms with E-state index in [1.807, 2.05) is 5.32 Å². The van der Waals surface area contributed by atoms with Crippen LogP contribution in [0.1, 0.15) is 10.4 Å². The maximum Gasteiger partial charge on any atom is 0.256 e. The molecule has 7 heteroatoms. The van der Waals surface area contributed by atoms with E-state index in [9.17, 15) is 22.4 Å². The van der Waals surface area contributed by atoms with Gasteiger partial charge in [0.15, 0.2) is 11.6 Å². The summed E-state index contributed by atoms with van der Waals surface area (Å²) in [6.45, 7) is 0. The molecule has 0 unspecified atom stereocenters. The number of hydrogen-bond acceptors (Lipinski definition) is 1. The Morgan fingerprint density at radius 2 is 1.60 bits per heavy atom. The molecule has 0 atom stereocenters. The molecule has 1 amide bonds. The fraction of sp³-hybridized carbons (Fsp3) is 0. The molecule has 1 N–H and O–H groups in total. The van der Waals surface area contributed by atoms with Gasteiger partial charge in [-0.15, -0.1) is 0 Å². The van der Waals surface area contributed by atoms with Crippen LogP contribution in [0.3, 0.4) is 0 Å². The van der Waals surface area contributed by atoms with E-state index < -0.39 is 34.9 Å². The van der Waals surface area contributed by atoms with Gasteiger partial charge in [-0.3, -0.25) is 4.79 Å². The number of hydrogen-bond donors (Lipinski definition) is 1. The smallest absolute Gasteiger partial charge is 0.256 e. The molecule has 2 nitrogen and oxygen atoms in total. The van der Waals surface area contributed by atoms with Crippen molar-refractivity contribution in [3.05, 3.63) is 63.6 Å². The van der Waals surface area contributed by atoms with Gasteiger partial charge in [0.1, 0.15) is 11.6 Å². The lowest BCUT2D eigenvalue weighted by atomic mass is 10.2. The van der Waals surface area contributed by atoms with Crippen molar-refractivity contribution in [3.63, 3.8) is 0 Å².